The lowest BCUT2D eigenvalue weighted by Crippen LogP contribution is -2.63. The van der Waals surface area contributed by atoms with E-state index in [1.807, 2.05) is 0 Å². The Morgan fingerprint density at radius 3 is 2.55 bits per heavy atom. The second-order valence-electron chi connectivity index (χ2n) is 9.29. The maximum atomic E-state index is 10.9. The van der Waals surface area contributed by atoms with Gasteiger partial charge >= 0.3 is 0 Å². The predicted octanol–water partition coefficient (Wildman–Crippen LogP) is 1.63. The van der Waals surface area contributed by atoms with E-state index in [0.29, 0.717) is 17.9 Å². The molecule has 1 heterocycles. The number of hydrogen-bond donors (Lipinski definition) is 2. The summed E-state index contributed by atoms with van der Waals surface area (Å²) in [6, 6.07) is 3.33. The molecule has 3 N–H and O–H groups in total. The highest BCUT2D eigenvalue weighted by Crippen LogP contribution is 2.62. The van der Waals surface area contributed by atoms with Crippen LogP contribution in [0.3, 0.4) is 0 Å². The van der Waals surface area contributed by atoms with Crippen molar-refractivity contribution in [3.8, 4) is 6.07 Å². The van der Waals surface area contributed by atoms with E-state index in [4.69, 9.17) is 5.73 Å². The number of nitrogens with zero attached hydrogens (tertiary/aromatic N) is 2. The molecule has 4 heteroatoms. The Morgan fingerprint density at radius 1 is 1.18 bits per heavy atom. The first kappa shape index (κ1) is 13.8. The lowest BCUT2D eigenvalue weighted by molar-refractivity contribution is -0.172. The topological polar surface area (TPSA) is 73.3 Å². The quantitative estimate of drug-likeness (QED) is 0.831. The molecule has 0 aromatic heterocycles. The van der Waals surface area contributed by atoms with E-state index in [9.17, 15) is 10.4 Å². The van der Waals surface area contributed by atoms with Gasteiger partial charge in [-0.05, 0) is 74.5 Å². The molecule has 4 nitrogen and oxygen atoms in total. The summed E-state index contributed by atoms with van der Waals surface area (Å²) in [4.78, 5) is 2.40. The Hall–Kier alpha value is -0.630. The summed E-state index contributed by atoms with van der Waals surface area (Å²) in [6.45, 7) is 0.870. The maximum absolute atomic E-state index is 10.9. The molecule has 6 rings (SSSR count). The molecule has 0 radical (unpaired) electrons. The molecule has 1 saturated heterocycles. The SMILES string of the molecule is N#C[C@@H]1C[C@@H]2C[C@@H]2N1C[C@@H](N)C12CC3CC(CC(O)(C3)C1)C2. The van der Waals surface area contributed by atoms with Gasteiger partial charge in [0.05, 0.1) is 17.7 Å². The van der Waals surface area contributed by atoms with Gasteiger partial charge in [-0.15, -0.1) is 0 Å². The van der Waals surface area contributed by atoms with Gasteiger partial charge in [-0.2, -0.15) is 5.26 Å². The normalized spacial score (nSPS) is 56.7. The molecule has 0 aromatic rings. The molecule has 0 aromatic carbocycles. The number of rotatable bonds is 3. The third-order valence-corrected chi connectivity index (χ3v) is 7.66. The molecule has 6 aliphatic rings. The molecule has 22 heavy (non-hydrogen) atoms. The molecule has 120 valence electrons. The first-order chi connectivity index (χ1) is 10.5. The number of likely N-dealkylation sites (tertiary alicyclic amines) is 1. The third kappa shape index (κ3) is 1.85. The summed E-state index contributed by atoms with van der Waals surface area (Å²) in [5, 5.41) is 20.3. The second-order valence-corrected chi connectivity index (χ2v) is 9.29. The molecule has 2 unspecified atom stereocenters. The minimum Gasteiger partial charge on any atom is -0.390 e. The Morgan fingerprint density at radius 2 is 1.91 bits per heavy atom. The zero-order valence-corrected chi connectivity index (χ0v) is 13.2. The van der Waals surface area contributed by atoms with Crippen molar-refractivity contribution < 1.29 is 5.11 Å². The lowest BCUT2D eigenvalue weighted by Gasteiger charge is -2.62. The van der Waals surface area contributed by atoms with Crippen molar-refractivity contribution in [1.82, 2.24) is 4.90 Å². The molecule has 1 aliphatic heterocycles. The van der Waals surface area contributed by atoms with Gasteiger partial charge in [-0.3, -0.25) is 4.90 Å². The van der Waals surface area contributed by atoms with Crippen LogP contribution in [-0.2, 0) is 0 Å². The molecule has 0 amide bonds. The van der Waals surface area contributed by atoms with Gasteiger partial charge in [0.2, 0.25) is 0 Å². The van der Waals surface area contributed by atoms with Crippen LogP contribution < -0.4 is 5.73 Å². The van der Waals surface area contributed by atoms with E-state index in [0.717, 1.165) is 38.1 Å². The molecular weight excluding hydrogens is 274 g/mol. The van der Waals surface area contributed by atoms with Crippen LogP contribution in [0.15, 0.2) is 0 Å². The monoisotopic (exact) mass is 301 g/mol. The van der Waals surface area contributed by atoms with Crippen LogP contribution in [0.1, 0.15) is 51.4 Å². The minimum absolute atomic E-state index is 0.0896. The van der Waals surface area contributed by atoms with Crippen LogP contribution in [0.4, 0.5) is 0 Å². The standard InChI is InChI=1S/C18H27N3O/c19-8-14-2-13-3-15(13)21(14)9-16(20)17-4-11-1-12(5-17)7-18(22,6-11)10-17/h11-16,22H,1-7,9-10,20H2/t11?,12?,13-,14+,15+,16-,17?,18?/m1/s1. The van der Waals surface area contributed by atoms with Crippen LogP contribution in [0.2, 0.25) is 0 Å². The highest BCUT2D eigenvalue weighted by molar-refractivity contribution is 5.16. The summed E-state index contributed by atoms with van der Waals surface area (Å²) in [5.74, 6) is 2.14. The highest BCUT2D eigenvalue weighted by Gasteiger charge is 2.60. The van der Waals surface area contributed by atoms with Crippen molar-refractivity contribution in [2.45, 2.75) is 75.1 Å². The first-order valence-electron chi connectivity index (χ1n) is 9.14. The summed E-state index contributed by atoms with van der Waals surface area (Å²) < 4.78 is 0. The van der Waals surface area contributed by atoms with E-state index < -0.39 is 5.60 Å². The van der Waals surface area contributed by atoms with E-state index in [1.165, 1.54) is 25.7 Å². The van der Waals surface area contributed by atoms with Crippen molar-refractivity contribution in [2.24, 2.45) is 28.9 Å². The highest BCUT2D eigenvalue weighted by atomic mass is 16.3. The molecule has 4 bridgehead atoms. The summed E-state index contributed by atoms with van der Waals surface area (Å²) >= 11 is 0. The van der Waals surface area contributed by atoms with Gasteiger partial charge in [-0.1, -0.05) is 0 Å². The summed E-state index contributed by atoms with van der Waals surface area (Å²) in [6.07, 6.45) is 8.99. The van der Waals surface area contributed by atoms with Crippen LogP contribution in [0.25, 0.3) is 0 Å². The van der Waals surface area contributed by atoms with Gasteiger partial charge in [0, 0.05) is 18.6 Å². The number of nitriles is 1. The van der Waals surface area contributed by atoms with E-state index in [2.05, 4.69) is 11.0 Å². The molecular formula is C18H27N3O. The Kier molecular flexibility index (Phi) is 2.67. The van der Waals surface area contributed by atoms with Gasteiger partial charge < -0.3 is 10.8 Å². The molecule has 6 atom stereocenters. The number of piperidine rings is 1. The van der Waals surface area contributed by atoms with Gasteiger partial charge in [-0.25, -0.2) is 0 Å². The van der Waals surface area contributed by atoms with Gasteiger partial charge in [0.25, 0.3) is 0 Å². The van der Waals surface area contributed by atoms with E-state index in [1.54, 1.807) is 0 Å². The zero-order valence-electron chi connectivity index (χ0n) is 13.2. The zero-order chi connectivity index (χ0) is 15.1. The smallest absolute Gasteiger partial charge is 0.0984 e. The molecule has 0 spiro atoms. The fourth-order valence-electron chi connectivity index (χ4n) is 7.07. The average molecular weight is 301 g/mol. The fraction of sp³-hybridized carbons (Fsp3) is 0.944. The number of fused-ring (bicyclic) bond motifs is 1. The number of nitrogens with two attached hydrogens (primary N) is 1. The number of hydrogen-bond acceptors (Lipinski definition) is 4. The summed E-state index contributed by atoms with van der Waals surface area (Å²) in [5.41, 5.74) is 6.46. The van der Waals surface area contributed by atoms with E-state index in [-0.39, 0.29) is 17.5 Å². The van der Waals surface area contributed by atoms with Crippen LogP contribution in [-0.4, -0.2) is 40.3 Å². The lowest BCUT2D eigenvalue weighted by atomic mass is 9.46. The van der Waals surface area contributed by atoms with Crippen LogP contribution >= 0.6 is 0 Å². The third-order valence-electron chi connectivity index (χ3n) is 7.66. The largest absolute Gasteiger partial charge is 0.390 e. The molecule has 5 saturated carbocycles. The van der Waals surface area contributed by atoms with Gasteiger partial charge in [0.15, 0.2) is 0 Å². The molecule has 6 fully saturated rings. The summed E-state index contributed by atoms with van der Waals surface area (Å²) in [7, 11) is 0. The Balaban J connectivity index is 1.37. The molecule has 5 aliphatic carbocycles. The first-order valence-corrected chi connectivity index (χ1v) is 9.14. The van der Waals surface area contributed by atoms with Crippen molar-refractivity contribution in [3.63, 3.8) is 0 Å². The Bertz CT molecular complexity index is 527. The average Bonchev–Trinajstić information content (AvgIpc) is 3.11. The van der Waals surface area contributed by atoms with Crippen LogP contribution in [0, 0.1) is 34.5 Å². The predicted molar refractivity (Wildman–Crippen MR) is 82.7 cm³/mol. The van der Waals surface area contributed by atoms with Crippen molar-refractivity contribution in [1.29, 1.82) is 5.26 Å². The Labute approximate surface area is 132 Å². The maximum Gasteiger partial charge on any atom is 0.0984 e. The van der Waals surface area contributed by atoms with E-state index >= 15 is 0 Å². The van der Waals surface area contributed by atoms with Crippen molar-refractivity contribution >= 4 is 0 Å². The minimum atomic E-state index is -0.427. The van der Waals surface area contributed by atoms with Crippen LogP contribution in [0.5, 0.6) is 0 Å². The van der Waals surface area contributed by atoms with Gasteiger partial charge in [0.1, 0.15) is 0 Å². The fourth-order valence-corrected chi connectivity index (χ4v) is 7.07. The number of aliphatic hydroxyl groups is 1. The van der Waals surface area contributed by atoms with Crippen molar-refractivity contribution in [3.05, 3.63) is 0 Å². The second kappa shape index (κ2) is 4.26. The van der Waals surface area contributed by atoms with Crippen molar-refractivity contribution in [2.75, 3.05) is 6.54 Å².